The predicted octanol–water partition coefficient (Wildman–Crippen LogP) is 6.38. The van der Waals surface area contributed by atoms with Crippen LogP contribution >= 0.6 is 0 Å². The Kier molecular flexibility index (Phi) is 7.98. The van der Waals surface area contributed by atoms with Gasteiger partial charge in [-0.25, -0.2) is 0 Å². The fourth-order valence-corrected chi connectivity index (χ4v) is 7.44. The maximum atomic E-state index is 14.5. The SMILES string of the molecule is COc1cc2c3cc1Oc1c(O)c(OC)cc4c1[C@H](Cc1ccc(OC)c(c1)-c1cc(ccc1OC)C(=O)[C@@H]3N(C)CC2)N(C)CC4. The number of phenolic OH excluding ortho intramolecular Hbond substituents is 1. The van der Waals surface area contributed by atoms with E-state index < -0.39 is 6.04 Å². The monoisotopic (exact) mass is 636 g/mol. The second-order valence-electron chi connectivity index (χ2n) is 12.5. The Balaban J connectivity index is 1.55. The van der Waals surface area contributed by atoms with Crippen LogP contribution in [0.4, 0.5) is 0 Å². The summed E-state index contributed by atoms with van der Waals surface area (Å²) in [4.78, 5) is 18.9. The van der Waals surface area contributed by atoms with Gasteiger partial charge in [-0.3, -0.25) is 14.6 Å². The van der Waals surface area contributed by atoms with E-state index in [1.54, 1.807) is 28.4 Å². The number of nitrogens with zero attached hydrogens (tertiary/aromatic N) is 2. The molecule has 0 saturated carbocycles. The lowest BCUT2D eigenvalue weighted by Gasteiger charge is -2.37. The molecule has 4 aromatic carbocycles. The van der Waals surface area contributed by atoms with Crippen molar-refractivity contribution < 1.29 is 33.6 Å². The highest BCUT2D eigenvalue weighted by Gasteiger charge is 2.36. The Morgan fingerprint density at radius 3 is 2.11 bits per heavy atom. The number of likely N-dealkylation sites (N-methyl/N-ethyl adjacent to an activating group) is 2. The van der Waals surface area contributed by atoms with E-state index >= 15 is 0 Å². The third kappa shape index (κ3) is 5.14. The molecule has 0 fully saturated rings. The first-order chi connectivity index (χ1) is 22.8. The second kappa shape index (κ2) is 12.1. The molecule has 4 aromatic rings. The first-order valence-electron chi connectivity index (χ1n) is 15.9. The molecule has 0 radical (unpaired) electrons. The number of fused-ring (bicyclic) bond motifs is 6. The first kappa shape index (κ1) is 30.9. The van der Waals surface area contributed by atoms with E-state index in [0.29, 0.717) is 53.0 Å². The van der Waals surface area contributed by atoms with Gasteiger partial charge in [0.25, 0.3) is 0 Å². The van der Waals surface area contributed by atoms with Gasteiger partial charge in [-0.1, -0.05) is 6.07 Å². The second-order valence-corrected chi connectivity index (χ2v) is 12.5. The molecular formula is C38H40N2O7. The van der Waals surface area contributed by atoms with Crippen LogP contribution in [0.2, 0.25) is 0 Å². The molecule has 47 heavy (non-hydrogen) atoms. The van der Waals surface area contributed by atoms with E-state index in [4.69, 9.17) is 23.7 Å². The summed E-state index contributed by atoms with van der Waals surface area (Å²) in [5.74, 6) is 2.84. The molecule has 244 valence electrons. The van der Waals surface area contributed by atoms with Crippen LogP contribution in [0, 0.1) is 0 Å². The van der Waals surface area contributed by atoms with Crippen LogP contribution in [-0.2, 0) is 19.3 Å². The molecule has 2 atom stereocenters. The van der Waals surface area contributed by atoms with E-state index in [2.05, 4.69) is 29.0 Å². The highest BCUT2D eigenvalue weighted by atomic mass is 16.5. The maximum absolute atomic E-state index is 14.5. The van der Waals surface area contributed by atoms with Crippen LogP contribution in [0.15, 0.2) is 54.6 Å². The van der Waals surface area contributed by atoms with Crippen molar-refractivity contribution in [2.24, 2.45) is 0 Å². The van der Waals surface area contributed by atoms with E-state index in [-0.39, 0.29) is 17.6 Å². The molecule has 0 aromatic heterocycles. The molecule has 3 aliphatic rings. The van der Waals surface area contributed by atoms with Crippen molar-refractivity contribution in [3.8, 4) is 51.4 Å². The number of ketones is 1. The molecule has 3 aliphatic heterocycles. The number of benzene rings is 4. The number of aromatic hydroxyl groups is 1. The Labute approximate surface area is 275 Å². The van der Waals surface area contributed by atoms with Crippen molar-refractivity contribution in [3.05, 3.63) is 88.0 Å². The van der Waals surface area contributed by atoms with Gasteiger partial charge < -0.3 is 28.8 Å². The number of carbonyl (C=O) groups is 1. The molecule has 0 unspecified atom stereocenters. The number of methoxy groups -OCH3 is 4. The van der Waals surface area contributed by atoms with Crippen LogP contribution < -0.4 is 23.7 Å². The van der Waals surface area contributed by atoms with Gasteiger partial charge >= 0.3 is 0 Å². The van der Waals surface area contributed by atoms with Crippen molar-refractivity contribution in [3.63, 3.8) is 0 Å². The molecule has 0 amide bonds. The summed E-state index contributed by atoms with van der Waals surface area (Å²) >= 11 is 0. The van der Waals surface area contributed by atoms with Crippen LogP contribution in [0.5, 0.6) is 40.2 Å². The summed E-state index contributed by atoms with van der Waals surface area (Å²) in [5.41, 5.74) is 7.03. The van der Waals surface area contributed by atoms with E-state index in [0.717, 1.165) is 58.3 Å². The fourth-order valence-electron chi connectivity index (χ4n) is 7.44. The number of rotatable bonds is 4. The van der Waals surface area contributed by atoms with Gasteiger partial charge in [-0.2, -0.15) is 0 Å². The Hall–Kier alpha value is -4.73. The topological polar surface area (TPSA) is 89.9 Å². The highest BCUT2D eigenvalue weighted by Crippen LogP contribution is 2.51. The zero-order valence-electron chi connectivity index (χ0n) is 27.7. The van der Waals surface area contributed by atoms with Gasteiger partial charge in [-0.05, 0) is 104 Å². The predicted molar refractivity (Wildman–Crippen MR) is 179 cm³/mol. The molecule has 9 nitrogen and oxygen atoms in total. The molecule has 1 N–H and O–H groups in total. The average Bonchev–Trinajstić information content (AvgIpc) is 3.09. The number of hydrogen-bond donors (Lipinski definition) is 1. The van der Waals surface area contributed by atoms with E-state index in [9.17, 15) is 9.90 Å². The molecule has 7 rings (SSSR count). The molecule has 3 heterocycles. The lowest BCUT2D eigenvalue weighted by molar-refractivity contribution is 0.0838. The molecular weight excluding hydrogens is 596 g/mol. The van der Waals surface area contributed by atoms with Gasteiger partial charge in [0, 0.05) is 41.4 Å². The zero-order valence-corrected chi connectivity index (χ0v) is 27.7. The largest absolute Gasteiger partial charge is 0.502 e. The molecule has 9 heteroatoms. The van der Waals surface area contributed by atoms with Gasteiger partial charge in [0.2, 0.25) is 5.75 Å². The minimum absolute atomic E-state index is 0.0426. The number of Topliss-reactive ketones (excluding diaryl/α,β-unsaturated/α-hetero) is 1. The molecule has 0 spiro atoms. The summed E-state index contributed by atoms with van der Waals surface area (Å²) in [5, 5.41) is 11.7. The van der Waals surface area contributed by atoms with Crippen LogP contribution in [-0.4, -0.2) is 76.3 Å². The zero-order chi connectivity index (χ0) is 33.0. The average molecular weight is 637 g/mol. The standard InChI is InChI=1S/C38H40N2O7/c1-39-13-12-23-19-33(46-6)37(42)38-34(23)28(39)16-21-7-9-29(43-3)26(15-21)27-17-24(8-10-30(27)44-4)36(41)35-25-20-32(47-38)31(45-5)18-22(25)11-14-40(35)2/h7-10,15,17-20,28,35,42H,11-14,16H2,1-6H3/t28-,35+/m0/s1. The Bertz CT molecular complexity index is 1890. The third-order valence-electron chi connectivity index (χ3n) is 9.99. The molecule has 6 bridgehead atoms. The van der Waals surface area contributed by atoms with E-state index in [1.807, 2.05) is 49.5 Å². The number of ether oxygens (including phenoxy) is 5. The minimum atomic E-state index is -0.568. The first-order valence-corrected chi connectivity index (χ1v) is 15.9. The van der Waals surface area contributed by atoms with Gasteiger partial charge in [0.1, 0.15) is 11.5 Å². The van der Waals surface area contributed by atoms with Crippen molar-refractivity contribution in [1.29, 1.82) is 0 Å². The fraction of sp³-hybridized carbons (Fsp3) is 0.342. The Morgan fingerprint density at radius 2 is 1.38 bits per heavy atom. The van der Waals surface area contributed by atoms with E-state index in [1.165, 1.54) is 0 Å². The van der Waals surface area contributed by atoms with Crippen LogP contribution in [0.1, 0.15) is 50.3 Å². The molecule has 0 saturated heterocycles. The van der Waals surface area contributed by atoms with Gasteiger partial charge in [-0.15, -0.1) is 0 Å². The van der Waals surface area contributed by atoms with Gasteiger partial charge in [0.15, 0.2) is 28.8 Å². The highest BCUT2D eigenvalue weighted by molar-refractivity contribution is 6.02. The Morgan fingerprint density at radius 1 is 0.745 bits per heavy atom. The van der Waals surface area contributed by atoms with Crippen LogP contribution in [0.25, 0.3) is 11.1 Å². The smallest absolute Gasteiger partial charge is 0.201 e. The lowest BCUT2D eigenvalue weighted by Crippen LogP contribution is -2.37. The third-order valence-corrected chi connectivity index (χ3v) is 9.99. The summed E-state index contributed by atoms with van der Waals surface area (Å²) in [6.07, 6.45) is 2.13. The number of hydrogen-bond acceptors (Lipinski definition) is 9. The summed E-state index contributed by atoms with van der Waals surface area (Å²) in [6, 6.07) is 16.8. The number of phenols is 1. The summed E-state index contributed by atoms with van der Waals surface area (Å²) in [7, 11) is 10.5. The quantitative estimate of drug-likeness (QED) is 0.274. The minimum Gasteiger partial charge on any atom is -0.502 e. The van der Waals surface area contributed by atoms with Crippen molar-refractivity contribution >= 4 is 5.78 Å². The van der Waals surface area contributed by atoms with Crippen molar-refractivity contribution in [2.75, 3.05) is 55.6 Å². The summed E-state index contributed by atoms with van der Waals surface area (Å²) in [6.45, 7) is 1.52. The van der Waals surface area contributed by atoms with Gasteiger partial charge in [0.05, 0.1) is 34.5 Å². The van der Waals surface area contributed by atoms with Crippen molar-refractivity contribution in [1.82, 2.24) is 9.80 Å². The molecule has 0 aliphatic carbocycles. The lowest BCUT2D eigenvalue weighted by atomic mass is 9.85. The number of carbonyl (C=O) groups excluding carboxylic acids is 1. The van der Waals surface area contributed by atoms with Crippen LogP contribution in [0.3, 0.4) is 0 Å². The van der Waals surface area contributed by atoms with Crippen molar-refractivity contribution in [2.45, 2.75) is 31.3 Å². The normalized spacial score (nSPS) is 19.0. The summed E-state index contributed by atoms with van der Waals surface area (Å²) < 4.78 is 29.9. The maximum Gasteiger partial charge on any atom is 0.201 e.